The first-order chi connectivity index (χ1) is 11.4. The van der Waals surface area contributed by atoms with Gasteiger partial charge in [0.25, 0.3) is 0 Å². The maximum absolute atomic E-state index is 12.5. The zero-order valence-corrected chi connectivity index (χ0v) is 15.6. The zero-order chi connectivity index (χ0) is 17.7. The first-order valence-electron chi connectivity index (χ1n) is 8.00. The highest BCUT2D eigenvalue weighted by molar-refractivity contribution is 6.36. The normalized spacial score (nSPS) is 11.1. The second kappa shape index (κ2) is 8.49. The van der Waals surface area contributed by atoms with Crippen molar-refractivity contribution < 1.29 is 9.53 Å². The highest BCUT2D eigenvalue weighted by Crippen LogP contribution is 2.30. The molecule has 130 valence electrons. The molecule has 24 heavy (non-hydrogen) atoms. The molecule has 0 atom stereocenters. The third kappa shape index (κ3) is 4.71. The van der Waals surface area contributed by atoms with Crippen LogP contribution in [-0.2, 0) is 0 Å². The number of hydrogen-bond donors (Lipinski definition) is 0. The average Bonchev–Trinajstić information content (AvgIpc) is 2.94. The van der Waals surface area contributed by atoms with E-state index in [0.717, 1.165) is 12.8 Å². The summed E-state index contributed by atoms with van der Waals surface area (Å²) in [5.41, 5.74) is 0.595. The smallest absolute Gasteiger partial charge is 0.336 e. The zero-order valence-electron chi connectivity index (χ0n) is 14.1. The van der Waals surface area contributed by atoms with Crippen molar-refractivity contribution in [2.24, 2.45) is 5.92 Å². The van der Waals surface area contributed by atoms with Gasteiger partial charge < -0.3 is 4.74 Å². The number of hydrogen-bond acceptors (Lipinski definition) is 4. The van der Waals surface area contributed by atoms with E-state index < -0.39 is 0 Å². The van der Waals surface area contributed by atoms with E-state index in [1.807, 2.05) is 20.8 Å². The van der Waals surface area contributed by atoms with Crippen molar-refractivity contribution in [3.05, 3.63) is 28.2 Å². The first kappa shape index (κ1) is 18.7. The van der Waals surface area contributed by atoms with E-state index in [9.17, 15) is 4.79 Å². The van der Waals surface area contributed by atoms with Gasteiger partial charge in [0.05, 0.1) is 11.6 Å². The topological polar surface area (TPSA) is 57.0 Å². The minimum Gasteiger partial charge on any atom is -0.462 e. The average molecular weight is 370 g/mol. The number of halogens is 2. The van der Waals surface area contributed by atoms with E-state index in [1.165, 1.54) is 4.68 Å². The Morgan fingerprint density at radius 3 is 2.71 bits per heavy atom. The third-order valence-corrected chi connectivity index (χ3v) is 3.83. The number of ether oxygens (including phenoxy) is 1. The molecule has 0 fully saturated rings. The lowest BCUT2D eigenvalue weighted by molar-refractivity contribution is 0.0883. The van der Waals surface area contributed by atoms with Crippen molar-refractivity contribution in [1.82, 2.24) is 14.8 Å². The van der Waals surface area contributed by atoms with Gasteiger partial charge in [-0.2, -0.15) is 9.67 Å². The number of carbonyl (C=O) groups excluding carboxylic acids is 1. The fourth-order valence-corrected chi connectivity index (χ4v) is 2.54. The largest absolute Gasteiger partial charge is 0.462 e. The van der Waals surface area contributed by atoms with Gasteiger partial charge in [0.15, 0.2) is 5.82 Å². The molecule has 1 aromatic carbocycles. The van der Waals surface area contributed by atoms with Crippen molar-refractivity contribution in [3.63, 3.8) is 0 Å². The van der Waals surface area contributed by atoms with Crippen LogP contribution < -0.4 is 4.74 Å². The highest BCUT2D eigenvalue weighted by atomic mass is 35.5. The molecule has 0 bridgehead atoms. The summed E-state index contributed by atoms with van der Waals surface area (Å²) in [6.07, 6.45) is 2.10. The molecule has 2 rings (SSSR count). The SMILES string of the molecule is CCCCC(=O)n1nc(OCC(C)C)nc1-c1ccc(Cl)cc1Cl. The van der Waals surface area contributed by atoms with Crippen LogP contribution in [0.2, 0.25) is 10.0 Å². The number of nitrogens with zero attached hydrogens (tertiary/aromatic N) is 3. The van der Waals surface area contributed by atoms with Gasteiger partial charge in [0, 0.05) is 17.0 Å². The Labute approximate surface area is 151 Å². The number of unbranched alkanes of at least 4 members (excludes halogenated alkanes) is 1. The Hall–Kier alpha value is -1.59. The molecule has 0 saturated carbocycles. The molecule has 1 aromatic heterocycles. The third-order valence-electron chi connectivity index (χ3n) is 3.29. The molecule has 2 aromatic rings. The quantitative estimate of drug-likeness (QED) is 0.679. The molecule has 0 aliphatic heterocycles. The summed E-state index contributed by atoms with van der Waals surface area (Å²) >= 11 is 12.2. The van der Waals surface area contributed by atoms with E-state index in [1.54, 1.807) is 18.2 Å². The summed E-state index contributed by atoms with van der Waals surface area (Å²) in [7, 11) is 0. The molecule has 0 saturated heterocycles. The van der Waals surface area contributed by atoms with Crippen LogP contribution in [0.5, 0.6) is 6.01 Å². The lowest BCUT2D eigenvalue weighted by atomic mass is 10.2. The number of aromatic nitrogens is 3. The fraction of sp³-hybridized carbons (Fsp3) is 0.471. The Balaban J connectivity index is 2.40. The lowest BCUT2D eigenvalue weighted by Gasteiger charge is -2.06. The molecule has 0 radical (unpaired) electrons. The fourth-order valence-electron chi connectivity index (χ4n) is 2.05. The lowest BCUT2D eigenvalue weighted by Crippen LogP contribution is -2.14. The highest BCUT2D eigenvalue weighted by Gasteiger charge is 2.20. The molecule has 0 amide bonds. The maximum atomic E-state index is 12.5. The van der Waals surface area contributed by atoms with Crippen LogP contribution in [0.25, 0.3) is 11.4 Å². The van der Waals surface area contributed by atoms with Crippen LogP contribution in [0.1, 0.15) is 44.8 Å². The molecular weight excluding hydrogens is 349 g/mol. The van der Waals surface area contributed by atoms with Gasteiger partial charge in [0.1, 0.15) is 0 Å². The van der Waals surface area contributed by atoms with Gasteiger partial charge in [-0.1, -0.05) is 50.4 Å². The van der Waals surface area contributed by atoms with Crippen molar-refractivity contribution in [2.75, 3.05) is 6.61 Å². The molecule has 0 aliphatic carbocycles. The monoisotopic (exact) mass is 369 g/mol. The summed E-state index contributed by atoms with van der Waals surface area (Å²) in [5.74, 6) is 0.566. The van der Waals surface area contributed by atoms with E-state index >= 15 is 0 Å². The van der Waals surface area contributed by atoms with Gasteiger partial charge in [0.2, 0.25) is 5.91 Å². The van der Waals surface area contributed by atoms with E-state index in [4.69, 9.17) is 27.9 Å². The second-order valence-corrected chi connectivity index (χ2v) is 6.80. The summed E-state index contributed by atoms with van der Waals surface area (Å²) in [4.78, 5) is 16.8. The van der Waals surface area contributed by atoms with Crippen molar-refractivity contribution >= 4 is 29.1 Å². The molecular formula is C17H21Cl2N3O2. The van der Waals surface area contributed by atoms with Crippen molar-refractivity contribution in [2.45, 2.75) is 40.0 Å². The predicted molar refractivity (Wildman–Crippen MR) is 96.0 cm³/mol. The summed E-state index contributed by atoms with van der Waals surface area (Å²) in [6.45, 7) is 6.56. The van der Waals surface area contributed by atoms with Crippen LogP contribution in [0.4, 0.5) is 0 Å². The van der Waals surface area contributed by atoms with Gasteiger partial charge in [-0.3, -0.25) is 4.79 Å². The molecule has 0 unspecified atom stereocenters. The van der Waals surface area contributed by atoms with Crippen LogP contribution >= 0.6 is 23.2 Å². The molecule has 1 heterocycles. The molecule has 0 spiro atoms. The van der Waals surface area contributed by atoms with E-state index in [2.05, 4.69) is 10.1 Å². The maximum Gasteiger partial charge on any atom is 0.336 e. The first-order valence-corrected chi connectivity index (χ1v) is 8.76. The molecule has 5 nitrogen and oxygen atoms in total. The molecule has 0 aliphatic rings. The number of rotatable bonds is 7. The van der Waals surface area contributed by atoms with E-state index in [-0.39, 0.29) is 11.9 Å². The Kier molecular flexibility index (Phi) is 6.63. The Morgan fingerprint density at radius 2 is 2.08 bits per heavy atom. The number of carbonyl (C=O) groups is 1. The van der Waals surface area contributed by atoms with Gasteiger partial charge in [-0.05, 0) is 30.5 Å². The Bertz CT molecular complexity index is 714. The van der Waals surface area contributed by atoms with Crippen LogP contribution in [0.15, 0.2) is 18.2 Å². The van der Waals surface area contributed by atoms with Crippen molar-refractivity contribution in [1.29, 1.82) is 0 Å². The summed E-state index contributed by atoms with van der Waals surface area (Å²) in [6, 6.07) is 5.22. The second-order valence-electron chi connectivity index (χ2n) is 5.96. The van der Waals surface area contributed by atoms with Crippen molar-refractivity contribution in [3.8, 4) is 17.4 Å². The minimum absolute atomic E-state index is 0.134. The Morgan fingerprint density at radius 1 is 1.33 bits per heavy atom. The van der Waals surface area contributed by atoms with Crippen LogP contribution in [0.3, 0.4) is 0 Å². The van der Waals surface area contributed by atoms with E-state index in [0.29, 0.717) is 40.4 Å². The summed E-state index contributed by atoms with van der Waals surface area (Å²) in [5, 5.41) is 5.15. The predicted octanol–water partition coefficient (Wildman–Crippen LogP) is 5.12. The standard InChI is InChI=1S/C17H21Cl2N3O2/c1-4-5-6-15(23)22-16(13-8-7-12(18)9-14(13)19)20-17(21-22)24-10-11(2)3/h7-9,11H,4-6,10H2,1-3H3. The van der Waals surface area contributed by atoms with Gasteiger partial charge in [-0.15, -0.1) is 5.10 Å². The van der Waals surface area contributed by atoms with Crippen LogP contribution in [0, 0.1) is 5.92 Å². The van der Waals surface area contributed by atoms with Crippen LogP contribution in [-0.4, -0.2) is 27.3 Å². The van der Waals surface area contributed by atoms with Gasteiger partial charge >= 0.3 is 6.01 Å². The molecule has 0 N–H and O–H groups in total. The number of benzene rings is 1. The summed E-state index contributed by atoms with van der Waals surface area (Å²) < 4.78 is 6.84. The minimum atomic E-state index is -0.134. The van der Waals surface area contributed by atoms with Gasteiger partial charge in [-0.25, -0.2) is 0 Å². The molecule has 7 heteroatoms.